The smallest absolute Gasteiger partial charge is 0.352 e. The summed E-state index contributed by atoms with van der Waals surface area (Å²) >= 11 is 0. The number of rotatable bonds is 2. The number of aromatic nitrogens is 2. The van der Waals surface area contributed by atoms with Crippen LogP contribution in [0.25, 0.3) is 11.3 Å². The molecule has 0 amide bonds. The number of carboxylic acids is 1. The topological polar surface area (TPSA) is 83.0 Å². The van der Waals surface area contributed by atoms with Crippen LogP contribution in [0.5, 0.6) is 0 Å². The lowest BCUT2D eigenvalue weighted by Gasteiger charge is -2.06. The van der Waals surface area contributed by atoms with E-state index in [0.717, 1.165) is 16.7 Å². The number of aromatic amines is 1. The second-order valence-corrected chi connectivity index (χ2v) is 4.11. The van der Waals surface area contributed by atoms with E-state index < -0.39 is 11.7 Å². The largest absolute Gasteiger partial charge is 0.477 e. The van der Waals surface area contributed by atoms with Crippen LogP contribution < -0.4 is 5.69 Å². The van der Waals surface area contributed by atoms with Crippen LogP contribution in [0.1, 0.15) is 21.6 Å². The summed E-state index contributed by atoms with van der Waals surface area (Å²) in [5.74, 6) is -1.18. The average molecular weight is 244 g/mol. The molecule has 2 rings (SSSR count). The number of hydrogen-bond donors (Lipinski definition) is 2. The van der Waals surface area contributed by atoms with E-state index in [4.69, 9.17) is 5.11 Å². The molecule has 1 aromatic heterocycles. The average Bonchev–Trinajstić information content (AvgIpc) is 2.27. The van der Waals surface area contributed by atoms with Crippen LogP contribution in [-0.4, -0.2) is 21.0 Å². The molecular weight excluding hydrogens is 232 g/mol. The number of hydrogen-bond acceptors (Lipinski definition) is 3. The highest BCUT2D eigenvalue weighted by Gasteiger charge is 2.10. The molecule has 0 unspecified atom stereocenters. The van der Waals surface area contributed by atoms with Gasteiger partial charge in [-0.3, -0.25) is 4.98 Å². The minimum absolute atomic E-state index is 0.162. The second-order valence-electron chi connectivity index (χ2n) is 4.11. The van der Waals surface area contributed by atoms with Gasteiger partial charge in [-0.1, -0.05) is 23.8 Å². The highest BCUT2D eigenvalue weighted by atomic mass is 16.4. The van der Waals surface area contributed by atoms with E-state index in [1.807, 2.05) is 32.0 Å². The normalized spacial score (nSPS) is 10.3. The number of nitrogens with one attached hydrogen (secondary N) is 1. The molecule has 0 aliphatic heterocycles. The molecule has 0 atom stereocenters. The quantitative estimate of drug-likeness (QED) is 0.843. The Morgan fingerprint density at radius 3 is 2.61 bits per heavy atom. The summed E-state index contributed by atoms with van der Waals surface area (Å²) in [5.41, 5.74) is 2.35. The molecule has 92 valence electrons. The standard InChI is InChI=1S/C13H12N2O3/c1-7-3-4-9(8(2)5-7)10-6-11(12(16)17)15-13(18)14-10/h3-6H,1-2H3,(H,16,17)(H,14,15,18). The maximum Gasteiger partial charge on any atom is 0.352 e. The van der Waals surface area contributed by atoms with Gasteiger partial charge >= 0.3 is 11.7 Å². The first-order valence-corrected chi connectivity index (χ1v) is 5.39. The Bertz CT molecular complexity index is 674. The van der Waals surface area contributed by atoms with Gasteiger partial charge in [0.2, 0.25) is 0 Å². The van der Waals surface area contributed by atoms with Gasteiger partial charge in [0.15, 0.2) is 0 Å². The van der Waals surface area contributed by atoms with Crippen molar-refractivity contribution in [2.24, 2.45) is 0 Å². The maximum atomic E-state index is 11.3. The third-order valence-corrected chi connectivity index (χ3v) is 2.63. The Labute approximate surface area is 103 Å². The Morgan fingerprint density at radius 1 is 1.28 bits per heavy atom. The zero-order chi connectivity index (χ0) is 13.3. The third-order valence-electron chi connectivity index (χ3n) is 2.63. The van der Waals surface area contributed by atoms with Crippen molar-refractivity contribution in [3.8, 4) is 11.3 Å². The van der Waals surface area contributed by atoms with Gasteiger partial charge in [0.25, 0.3) is 0 Å². The lowest BCUT2D eigenvalue weighted by molar-refractivity contribution is 0.0690. The number of benzene rings is 1. The SMILES string of the molecule is Cc1ccc(-c2cc(C(=O)O)[nH]c(=O)n2)c(C)c1. The fourth-order valence-electron chi connectivity index (χ4n) is 1.81. The molecule has 18 heavy (non-hydrogen) atoms. The fourth-order valence-corrected chi connectivity index (χ4v) is 1.81. The molecule has 2 aromatic rings. The van der Waals surface area contributed by atoms with Crippen molar-refractivity contribution in [3.05, 3.63) is 51.6 Å². The summed E-state index contributed by atoms with van der Waals surface area (Å²) in [7, 11) is 0. The number of carboxylic acid groups (broad SMARTS) is 1. The molecule has 5 nitrogen and oxygen atoms in total. The van der Waals surface area contributed by atoms with Crippen LogP contribution in [0.4, 0.5) is 0 Å². The highest BCUT2D eigenvalue weighted by Crippen LogP contribution is 2.21. The Kier molecular flexibility index (Phi) is 2.97. The van der Waals surface area contributed by atoms with E-state index in [9.17, 15) is 9.59 Å². The molecule has 0 bridgehead atoms. The predicted octanol–water partition coefficient (Wildman–Crippen LogP) is 1.75. The van der Waals surface area contributed by atoms with E-state index in [2.05, 4.69) is 9.97 Å². The Hall–Kier alpha value is -2.43. The van der Waals surface area contributed by atoms with Crippen LogP contribution in [0.15, 0.2) is 29.1 Å². The minimum atomic E-state index is -1.18. The highest BCUT2D eigenvalue weighted by molar-refractivity contribution is 5.86. The van der Waals surface area contributed by atoms with Gasteiger partial charge in [-0.15, -0.1) is 0 Å². The Morgan fingerprint density at radius 2 is 2.00 bits per heavy atom. The number of H-pyrrole nitrogens is 1. The molecule has 0 aliphatic carbocycles. The van der Waals surface area contributed by atoms with E-state index in [1.165, 1.54) is 6.07 Å². The number of nitrogens with zero attached hydrogens (tertiary/aromatic N) is 1. The molecule has 0 saturated heterocycles. The van der Waals surface area contributed by atoms with E-state index >= 15 is 0 Å². The van der Waals surface area contributed by atoms with E-state index in [0.29, 0.717) is 5.69 Å². The van der Waals surface area contributed by atoms with Gasteiger partial charge in [-0.05, 0) is 25.5 Å². The van der Waals surface area contributed by atoms with Crippen LogP contribution in [0.3, 0.4) is 0 Å². The lowest BCUT2D eigenvalue weighted by Crippen LogP contribution is -2.16. The van der Waals surface area contributed by atoms with Crippen LogP contribution in [-0.2, 0) is 0 Å². The molecule has 5 heteroatoms. The van der Waals surface area contributed by atoms with Gasteiger partial charge < -0.3 is 5.11 Å². The van der Waals surface area contributed by atoms with Crippen molar-refractivity contribution in [2.75, 3.05) is 0 Å². The molecule has 1 heterocycles. The molecule has 0 aliphatic rings. The van der Waals surface area contributed by atoms with Crippen molar-refractivity contribution in [1.82, 2.24) is 9.97 Å². The summed E-state index contributed by atoms with van der Waals surface area (Å²) in [5, 5.41) is 8.90. The summed E-state index contributed by atoms with van der Waals surface area (Å²) < 4.78 is 0. The fraction of sp³-hybridized carbons (Fsp3) is 0.154. The van der Waals surface area contributed by atoms with Crippen LogP contribution in [0, 0.1) is 13.8 Å². The number of aromatic carboxylic acids is 1. The van der Waals surface area contributed by atoms with Crippen molar-refractivity contribution in [1.29, 1.82) is 0 Å². The first kappa shape index (κ1) is 12.0. The number of aryl methyl sites for hydroxylation is 2. The molecule has 0 spiro atoms. The van der Waals surface area contributed by atoms with Crippen LogP contribution >= 0.6 is 0 Å². The van der Waals surface area contributed by atoms with Crippen molar-refractivity contribution in [2.45, 2.75) is 13.8 Å². The molecule has 0 saturated carbocycles. The third kappa shape index (κ3) is 2.29. The monoisotopic (exact) mass is 244 g/mol. The van der Waals surface area contributed by atoms with E-state index in [-0.39, 0.29) is 5.69 Å². The summed E-state index contributed by atoms with van der Waals surface area (Å²) in [6.45, 7) is 3.86. The first-order valence-electron chi connectivity index (χ1n) is 5.39. The van der Waals surface area contributed by atoms with Gasteiger partial charge in [-0.25, -0.2) is 9.59 Å². The lowest BCUT2D eigenvalue weighted by atomic mass is 10.0. The van der Waals surface area contributed by atoms with Crippen molar-refractivity contribution >= 4 is 5.97 Å². The molecule has 1 aromatic carbocycles. The maximum absolute atomic E-state index is 11.3. The van der Waals surface area contributed by atoms with Crippen molar-refractivity contribution < 1.29 is 9.90 Å². The van der Waals surface area contributed by atoms with Gasteiger partial charge in [0, 0.05) is 5.56 Å². The number of carbonyl (C=O) groups is 1. The summed E-state index contributed by atoms with van der Waals surface area (Å²) in [6.07, 6.45) is 0. The molecule has 0 fully saturated rings. The zero-order valence-electron chi connectivity index (χ0n) is 10.0. The minimum Gasteiger partial charge on any atom is -0.477 e. The van der Waals surface area contributed by atoms with Crippen molar-refractivity contribution in [3.63, 3.8) is 0 Å². The summed E-state index contributed by atoms with van der Waals surface area (Å²) in [6, 6.07) is 7.05. The second kappa shape index (κ2) is 4.44. The predicted molar refractivity (Wildman–Crippen MR) is 66.7 cm³/mol. The summed E-state index contributed by atoms with van der Waals surface area (Å²) in [4.78, 5) is 28.2. The molecule has 0 radical (unpaired) electrons. The van der Waals surface area contributed by atoms with E-state index in [1.54, 1.807) is 0 Å². The first-order chi connectivity index (χ1) is 8.47. The Balaban J connectivity index is 2.64. The van der Waals surface area contributed by atoms with Crippen LogP contribution in [0.2, 0.25) is 0 Å². The van der Waals surface area contributed by atoms with Gasteiger partial charge in [0.05, 0.1) is 5.69 Å². The zero-order valence-corrected chi connectivity index (χ0v) is 10.0. The van der Waals surface area contributed by atoms with Gasteiger partial charge in [-0.2, -0.15) is 4.98 Å². The molecule has 2 N–H and O–H groups in total. The molecular formula is C13H12N2O3. The van der Waals surface area contributed by atoms with Gasteiger partial charge in [0.1, 0.15) is 5.69 Å².